The summed E-state index contributed by atoms with van der Waals surface area (Å²) in [4.78, 5) is 69.8. The number of nitrogens with zero attached hydrogens (tertiary/aromatic N) is 3. The molecule has 0 aliphatic carbocycles. The van der Waals surface area contributed by atoms with E-state index < -0.39 is 41.7 Å². The Hall–Kier alpha value is -2.89. The van der Waals surface area contributed by atoms with Gasteiger partial charge in [0.25, 0.3) is 5.91 Å². The number of piperidine rings is 1. The van der Waals surface area contributed by atoms with Crippen molar-refractivity contribution in [1.29, 1.82) is 0 Å². The maximum atomic E-state index is 12.9. The number of carbonyl (C=O) groups is 5. The van der Waals surface area contributed by atoms with Crippen LogP contribution in [0.4, 0.5) is 9.59 Å². The first-order valence-electron chi connectivity index (χ1n) is 10.2. The number of likely N-dealkylation sites (tertiary alicyclic amines) is 1. The van der Waals surface area contributed by atoms with Crippen LogP contribution in [0.5, 0.6) is 0 Å². The molecular formula is C19H28N4O8. The van der Waals surface area contributed by atoms with Crippen molar-refractivity contribution in [3.63, 3.8) is 0 Å². The van der Waals surface area contributed by atoms with Crippen LogP contribution in [-0.2, 0) is 28.7 Å². The van der Waals surface area contributed by atoms with Crippen LogP contribution in [0.2, 0.25) is 0 Å². The minimum Gasteiger partial charge on any atom is -0.469 e. The lowest BCUT2D eigenvalue weighted by atomic mass is 9.97. The summed E-state index contributed by atoms with van der Waals surface area (Å²) >= 11 is 0. The Morgan fingerprint density at radius 2 is 1.68 bits per heavy atom. The van der Waals surface area contributed by atoms with Gasteiger partial charge in [-0.25, -0.2) is 14.4 Å². The third kappa shape index (κ3) is 4.73. The van der Waals surface area contributed by atoms with Crippen molar-refractivity contribution >= 4 is 30.0 Å². The predicted octanol–water partition coefficient (Wildman–Crippen LogP) is -0.131. The van der Waals surface area contributed by atoms with Gasteiger partial charge in [0.2, 0.25) is 0 Å². The molecule has 12 heteroatoms. The standard InChI is InChI=1S/C19H28N4O8/c1-19(2,3)30-16(26)13-10-20-9-12-14(24)23(17(27)22(12)13)31-18(28)21-7-5-11(6-8-21)15(25)29-4/h11-13,20H,5-10H2,1-4H3. The van der Waals surface area contributed by atoms with Gasteiger partial charge in [-0.15, -0.1) is 0 Å². The van der Waals surface area contributed by atoms with Gasteiger partial charge in [0, 0.05) is 26.2 Å². The third-order valence-electron chi connectivity index (χ3n) is 5.36. The molecule has 3 rings (SSSR count). The summed E-state index contributed by atoms with van der Waals surface area (Å²) in [6.07, 6.45) is -0.0850. The van der Waals surface area contributed by atoms with Crippen LogP contribution in [0.15, 0.2) is 0 Å². The molecule has 12 nitrogen and oxygen atoms in total. The Balaban J connectivity index is 1.65. The van der Waals surface area contributed by atoms with E-state index in [1.807, 2.05) is 0 Å². The molecule has 2 atom stereocenters. The van der Waals surface area contributed by atoms with Crippen molar-refractivity contribution in [1.82, 2.24) is 20.2 Å². The number of nitrogens with one attached hydrogen (secondary N) is 1. The van der Waals surface area contributed by atoms with Crippen molar-refractivity contribution < 1.29 is 38.3 Å². The number of piperazine rings is 1. The molecule has 0 aromatic heterocycles. The third-order valence-corrected chi connectivity index (χ3v) is 5.36. The number of urea groups is 1. The van der Waals surface area contributed by atoms with Crippen molar-refractivity contribution in [3.05, 3.63) is 0 Å². The number of amides is 4. The molecular weight excluding hydrogens is 412 g/mol. The zero-order valence-electron chi connectivity index (χ0n) is 18.1. The minimum absolute atomic E-state index is 0.118. The maximum Gasteiger partial charge on any atom is 0.434 e. The van der Waals surface area contributed by atoms with E-state index in [0.717, 1.165) is 4.90 Å². The van der Waals surface area contributed by atoms with Crippen LogP contribution in [0.3, 0.4) is 0 Å². The summed E-state index contributed by atoms with van der Waals surface area (Å²) in [6.45, 7) is 5.80. The zero-order chi connectivity index (χ0) is 22.9. The Morgan fingerprint density at radius 3 is 2.26 bits per heavy atom. The topological polar surface area (TPSA) is 135 Å². The number of esters is 2. The normalized spacial score (nSPS) is 24.7. The van der Waals surface area contributed by atoms with E-state index in [9.17, 15) is 24.0 Å². The smallest absolute Gasteiger partial charge is 0.434 e. The van der Waals surface area contributed by atoms with Gasteiger partial charge in [-0.05, 0) is 33.6 Å². The quantitative estimate of drug-likeness (QED) is 0.470. The Labute approximate surface area is 179 Å². The van der Waals surface area contributed by atoms with Gasteiger partial charge in [0.1, 0.15) is 17.7 Å². The first kappa shape index (κ1) is 22.8. The molecule has 3 heterocycles. The molecule has 0 spiro atoms. The molecule has 1 N–H and O–H groups in total. The molecule has 3 aliphatic heterocycles. The molecule has 3 aliphatic rings. The lowest BCUT2D eigenvalue weighted by Crippen LogP contribution is -2.60. The molecule has 3 saturated heterocycles. The van der Waals surface area contributed by atoms with Gasteiger partial charge >= 0.3 is 24.1 Å². The van der Waals surface area contributed by atoms with Crippen LogP contribution >= 0.6 is 0 Å². The van der Waals surface area contributed by atoms with Gasteiger partial charge in [0.15, 0.2) is 0 Å². The van der Waals surface area contributed by atoms with Crippen molar-refractivity contribution in [3.8, 4) is 0 Å². The van der Waals surface area contributed by atoms with E-state index >= 15 is 0 Å². The SMILES string of the molecule is COC(=O)C1CCN(C(=O)ON2C(=O)C3CNCC(C(=O)OC(C)(C)C)N3C2=O)CC1. The van der Waals surface area contributed by atoms with E-state index in [4.69, 9.17) is 14.3 Å². The molecule has 0 radical (unpaired) electrons. The monoisotopic (exact) mass is 440 g/mol. The minimum atomic E-state index is -1.02. The molecule has 172 valence electrons. The highest BCUT2D eigenvalue weighted by atomic mass is 16.7. The number of carbonyl (C=O) groups excluding carboxylic acids is 5. The highest BCUT2D eigenvalue weighted by Gasteiger charge is 2.54. The fraction of sp³-hybridized carbons (Fsp3) is 0.737. The van der Waals surface area contributed by atoms with Crippen molar-refractivity contribution in [2.75, 3.05) is 33.3 Å². The van der Waals surface area contributed by atoms with E-state index in [2.05, 4.69) is 5.32 Å². The highest BCUT2D eigenvalue weighted by Crippen LogP contribution is 2.26. The second-order valence-electron chi connectivity index (χ2n) is 8.69. The first-order chi connectivity index (χ1) is 14.5. The zero-order valence-corrected chi connectivity index (χ0v) is 18.1. The van der Waals surface area contributed by atoms with Crippen LogP contribution < -0.4 is 5.32 Å². The molecule has 0 saturated carbocycles. The Bertz CT molecular complexity index is 771. The number of methoxy groups -OCH3 is 1. The number of hydroxylamine groups is 2. The average Bonchev–Trinajstić information content (AvgIpc) is 2.97. The second-order valence-corrected chi connectivity index (χ2v) is 8.69. The number of rotatable bonds is 3. The largest absolute Gasteiger partial charge is 0.469 e. The second kappa shape index (κ2) is 8.69. The van der Waals surface area contributed by atoms with E-state index in [0.29, 0.717) is 17.9 Å². The lowest BCUT2D eigenvalue weighted by Gasteiger charge is -2.35. The first-order valence-corrected chi connectivity index (χ1v) is 10.2. The summed E-state index contributed by atoms with van der Waals surface area (Å²) in [7, 11) is 1.31. The number of imide groups is 1. The fourth-order valence-corrected chi connectivity index (χ4v) is 3.83. The van der Waals surface area contributed by atoms with Crippen LogP contribution in [0.25, 0.3) is 0 Å². The Kier molecular flexibility index (Phi) is 6.39. The molecule has 4 amide bonds. The highest BCUT2D eigenvalue weighted by molar-refractivity contribution is 6.05. The molecule has 0 aromatic rings. The van der Waals surface area contributed by atoms with Crippen LogP contribution in [0, 0.1) is 5.92 Å². The number of ether oxygens (including phenoxy) is 2. The van der Waals surface area contributed by atoms with E-state index in [1.54, 1.807) is 20.8 Å². The van der Waals surface area contributed by atoms with Crippen LogP contribution in [0.1, 0.15) is 33.6 Å². The molecule has 0 aromatic carbocycles. The predicted molar refractivity (Wildman–Crippen MR) is 103 cm³/mol. The van der Waals surface area contributed by atoms with Crippen molar-refractivity contribution in [2.45, 2.75) is 51.3 Å². The lowest BCUT2D eigenvalue weighted by molar-refractivity contribution is -0.161. The van der Waals surface area contributed by atoms with Gasteiger partial charge in [-0.3, -0.25) is 14.5 Å². The summed E-state index contributed by atoms with van der Waals surface area (Å²) in [5.74, 6) is -2.03. The number of hydrogen-bond donors (Lipinski definition) is 1. The number of hydrogen-bond acceptors (Lipinski definition) is 9. The summed E-state index contributed by atoms with van der Waals surface area (Å²) in [5, 5.41) is 3.35. The van der Waals surface area contributed by atoms with Gasteiger partial charge < -0.3 is 24.5 Å². The van der Waals surface area contributed by atoms with Gasteiger partial charge in [0.05, 0.1) is 13.0 Å². The number of fused-ring (bicyclic) bond motifs is 1. The fourth-order valence-electron chi connectivity index (χ4n) is 3.83. The summed E-state index contributed by atoms with van der Waals surface area (Å²) in [6, 6.07) is -2.88. The summed E-state index contributed by atoms with van der Waals surface area (Å²) in [5.41, 5.74) is -0.765. The maximum absolute atomic E-state index is 12.9. The van der Waals surface area contributed by atoms with E-state index in [-0.39, 0.29) is 38.1 Å². The van der Waals surface area contributed by atoms with Crippen LogP contribution in [-0.4, -0.2) is 95.8 Å². The average molecular weight is 440 g/mol. The Morgan fingerprint density at radius 1 is 1.03 bits per heavy atom. The molecule has 3 fully saturated rings. The molecule has 0 bridgehead atoms. The van der Waals surface area contributed by atoms with Crippen molar-refractivity contribution in [2.24, 2.45) is 5.92 Å². The van der Waals surface area contributed by atoms with E-state index in [1.165, 1.54) is 12.0 Å². The summed E-state index contributed by atoms with van der Waals surface area (Å²) < 4.78 is 10.1. The van der Waals surface area contributed by atoms with Gasteiger partial charge in [-0.2, -0.15) is 0 Å². The molecule has 31 heavy (non-hydrogen) atoms. The van der Waals surface area contributed by atoms with Gasteiger partial charge in [-0.1, -0.05) is 5.06 Å². The molecule has 2 unspecified atom stereocenters.